The van der Waals surface area contributed by atoms with Crippen molar-refractivity contribution < 1.29 is 0 Å². The van der Waals surface area contributed by atoms with Crippen molar-refractivity contribution in [3.63, 3.8) is 0 Å². The van der Waals surface area contributed by atoms with Crippen LogP contribution in [0.5, 0.6) is 0 Å². The van der Waals surface area contributed by atoms with E-state index in [0.717, 1.165) is 17.8 Å². The fourth-order valence-electron chi connectivity index (χ4n) is 1.90. The van der Waals surface area contributed by atoms with Gasteiger partial charge in [0.15, 0.2) is 0 Å². The Morgan fingerprint density at radius 3 is 2.47 bits per heavy atom. The maximum absolute atomic E-state index is 4.39. The first-order valence-electron chi connectivity index (χ1n) is 5.80. The number of aromatic nitrogens is 2. The predicted molar refractivity (Wildman–Crippen MR) is 68.7 cm³/mol. The third-order valence-electron chi connectivity index (χ3n) is 2.93. The molecule has 0 aliphatic heterocycles. The van der Waals surface area contributed by atoms with Crippen LogP contribution in [0.4, 0.5) is 0 Å². The lowest BCUT2D eigenvalue weighted by Gasteiger charge is -2.16. The summed E-state index contributed by atoms with van der Waals surface area (Å²) in [5.41, 5.74) is 3.33. The molecule has 1 aromatic carbocycles. The van der Waals surface area contributed by atoms with Crippen LogP contribution in [-0.4, -0.2) is 17.0 Å². The molecule has 0 saturated heterocycles. The number of hydrogen-bond acceptors (Lipinski definition) is 3. The van der Waals surface area contributed by atoms with Gasteiger partial charge in [0.05, 0.1) is 11.4 Å². The molecule has 2 aromatic rings. The molecule has 0 fully saturated rings. The van der Waals surface area contributed by atoms with Crippen LogP contribution in [0.15, 0.2) is 42.7 Å². The van der Waals surface area contributed by atoms with E-state index in [1.165, 1.54) is 5.56 Å². The Bertz CT molecular complexity index is 468. The van der Waals surface area contributed by atoms with Gasteiger partial charge in [0.2, 0.25) is 0 Å². The Morgan fingerprint density at radius 2 is 1.82 bits per heavy atom. The molecular weight excluding hydrogens is 210 g/mol. The van der Waals surface area contributed by atoms with Crippen molar-refractivity contribution in [3.05, 3.63) is 59.7 Å². The molecule has 0 aliphatic rings. The number of nitrogens with zero attached hydrogens (tertiary/aromatic N) is 2. The van der Waals surface area contributed by atoms with Gasteiger partial charge < -0.3 is 5.32 Å². The highest BCUT2D eigenvalue weighted by Gasteiger charge is 2.12. The summed E-state index contributed by atoms with van der Waals surface area (Å²) in [5, 5.41) is 3.33. The van der Waals surface area contributed by atoms with E-state index in [9.17, 15) is 0 Å². The summed E-state index contributed by atoms with van der Waals surface area (Å²) in [4.78, 5) is 8.66. The van der Waals surface area contributed by atoms with Gasteiger partial charge in [-0.2, -0.15) is 0 Å². The number of hydrogen-bond donors (Lipinski definition) is 1. The van der Waals surface area contributed by atoms with Crippen molar-refractivity contribution in [1.29, 1.82) is 0 Å². The van der Waals surface area contributed by atoms with Crippen molar-refractivity contribution in [1.82, 2.24) is 15.3 Å². The predicted octanol–water partition coefficient (Wildman–Crippen LogP) is 2.29. The first kappa shape index (κ1) is 11.7. The van der Waals surface area contributed by atoms with Gasteiger partial charge in [-0.3, -0.25) is 9.97 Å². The van der Waals surface area contributed by atoms with Crippen LogP contribution in [0.3, 0.4) is 0 Å². The van der Waals surface area contributed by atoms with E-state index in [1.54, 1.807) is 12.4 Å². The normalized spacial score (nSPS) is 12.4. The van der Waals surface area contributed by atoms with Gasteiger partial charge in [-0.15, -0.1) is 0 Å². The zero-order valence-electron chi connectivity index (χ0n) is 10.2. The molecule has 2 rings (SSSR count). The lowest BCUT2D eigenvalue weighted by molar-refractivity contribution is 0.580. The summed E-state index contributed by atoms with van der Waals surface area (Å²) in [5.74, 6) is 0. The van der Waals surface area contributed by atoms with E-state index < -0.39 is 0 Å². The maximum atomic E-state index is 4.39. The van der Waals surface area contributed by atoms with Gasteiger partial charge in [0, 0.05) is 24.9 Å². The van der Waals surface area contributed by atoms with Crippen LogP contribution >= 0.6 is 0 Å². The van der Waals surface area contributed by atoms with Gasteiger partial charge in [0.25, 0.3) is 0 Å². The molecule has 1 atom stereocenters. The SMILES string of the molecule is CNC(Cc1nccnc1C)c1ccccc1. The van der Waals surface area contributed by atoms with Gasteiger partial charge in [0.1, 0.15) is 0 Å². The van der Waals surface area contributed by atoms with Crippen molar-refractivity contribution in [2.45, 2.75) is 19.4 Å². The first-order valence-corrected chi connectivity index (χ1v) is 5.80. The second kappa shape index (κ2) is 5.55. The van der Waals surface area contributed by atoms with Crippen molar-refractivity contribution >= 4 is 0 Å². The highest BCUT2D eigenvalue weighted by Crippen LogP contribution is 2.17. The van der Waals surface area contributed by atoms with Crippen molar-refractivity contribution in [2.24, 2.45) is 0 Å². The van der Waals surface area contributed by atoms with Gasteiger partial charge in [-0.1, -0.05) is 30.3 Å². The minimum Gasteiger partial charge on any atom is -0.313 e. The number of rotatable bonds is 4. The van der Waals surface area contributed by atoms with Crippen LogP contribution in [-0.2, 0) is 6.42 Å². The van der Waals surface area contributed by atoms with E-state index in [-0.39, 0.29) is 6.04 Å². The molecule has 0 radical (unpaired) electrons. The van der Waals surface area contributed by atoms with E-state index in [0.29, 0.717) is 0 Å². The standard InChI is InChI=1S/C14H17N3/c1-11-13(17-9-8-16-11)10-14(15-2)12-6-4-3-5-7-12/h3-9,14-15H,10H2,1-2H3. The molecular formula is C14H17N3. The van der Waals surface area contributed by atoms with E-state index in [2.05, 4.69) is 39.6 Å². The second-order valence-electron chi connectivity index (χ2n) is 4.04. The number of aryl methyl sites for hydroxylation is 1. The quantitative estimate of drug-likeness (QED) is 0.870. The maximum Gasteiger partial charge on any atom is 0.0634 e. The van der Waals surface area contributed by atoms with Gasteiger partial charge >= 0.3 is 0 Å². The third-order valence-corrected chi connectivity index (χ3v) is 2.93. The van der Waals surface area contributed by atoms with Crippen LogP contribution in [0.1, 0.15) is 23.0 Å². The molecule has 3 heteroatoms. The summed E-state index contributed by atoms with van der Waals surface area (Å²) in [6.45, 7) is 2.00. The Balaban J connectivity index is 2.19. The van der Waals surface area contributed by atoms with Crippen LogP contribution in [0.25, 0.3) is 0 Å². The summed E-state index contributed by atoms with van der Waals surface area (Å²) in [6, 6.07) is 10.7. The second-order valence-corrected chi connectivity index (χ2v) is 4.04. The Morgan fingerprint density at radius 1 is 1.12 bits per heavy atom. The average molecular weight is 227 g/mol. The Kier molecular flexibility index (Phi) is 3.83. The van der Waals surface area contributed by atoms with Crippen LogP contribution < -0.4 is 5.32 Å². The molecule has 88 valence electrons. The average Bonchev–Trinajstić information content (AvgIpc) is 2.39. The monoisotopic (exact) mass is 227 g/mol. The van der Waals surface area contributed by atoms with E-state index in [4.69, 9.17) is 0 Å². The first-order chi connectivity index (χ1) is 8.31. The van der Waals surface area contributed by atoms with Crippen LogP contribution in [0, 0.1) is 6.92 Å². The van der Waals surface area contributed by atoms with E-state index in [1.807, 2.05) is 20.0 Å². The molecule has 0 saturated carbocycles. The van der Waals surface area contributed by atoms with Crippen molar-refractivity contribution in [3.8, 4) is 0 Å². The molecule has 1 N–H and O–H groups in total. The molecule has 17 heavy (non-hydrogen) atoms. The van der Waals surface area contributed by atoms with Gasteiger partial charge in [-0.05, 0) is 19.5 Å². The smallest absolute Gasteiger partial charge is 0.0634 e. The highest BCUT2D eigenvalue weighted by atomic mass is 14.9. The Hall–Kier alpha value is -1.74. The molecule has 1 aromatic heterocycles. The molecule has 0 aliphatic carbocycles. The molecule has 0 bridgehead atoms. The zero-order valence-corrected chi connectivity index (χ0v) is 10.2. The minimum absolute atomic E-state index is 0.284. The Labute approximate surface area is 102 Å². The lowest BCUT2D eigenvalue weighted by Crippen LogP contribution is -2.20. The molecule has 0 spiro atoms. The molecule has 1 unspecified atom stereocenters. The fraction of sp³-hybridized carbons (Fsp3) is 0.286. The van der Waals surface area contributed by atoms with Gasteiger partial charge in [-0.25, -0.2) is 0 Å². The molecule has 3 nitrogen and oxygen atoms in total. The summed E-state index contributed by atoms with van der Waals surface area (Å²) >= 11 is 0. The third kappa shape index (κ3) is 2.88. The number of likely N-dealkylation sites (N-methyl/N-ethyl adjacent to an activating group) is 1. The number of nitrogens with one attached hydrogen (secondary N) is 1. The molecule has 0 amide bonds. The number of benzene rings is 1. The van der Waals surface area contributed by atoms with E-state index >= 15 is 0 Å². The lowest BCUT2D eigenvalue weighted by atomic mass is 10.0. The highest BCUT2D eigenvalue weighted by molar-refractivity contribution is 5.22. The summed E-state index contributed by atoms with van der Waals surface area (Å²) in [6.07, 6.45) is 4.34. The largest absolute Gasteiger partial charge is 0.313 e. The van der Waals surface area contributed by atoms with Crippen molar-refractivity contribution in [2.75, 3.05) is 7.05 Å². The topological polar surface area (TPSA) is 37.8 Å². The fourth-order valence-corrected chi connectivity index (χ4v) is 1.90. The summed E-state index contributed by atoms with van der Waals surface area (Å²) in [7, 11) is 1.98. The minimum atomic E-state index is 0.284. The van der Waals surface area contributed by atoms with Crippen LogP contribution in [0.2, 0.25) is 0 Å². The summed E-state index contributed by atoms with van der Waals surface area (Å²) < 4.78 is 0. The molecule has 1 heterocycles. The zero-order chi connectivity index (χ0) is 12.1.